The van der Waals surface area contributed by atoms with Gasteiger partial charge in [-0.3, -0.25) is 4.79 Å². The van der Waals surface area contributed by atoms with E-state index in [4.69, 9.17) is 4.74 Å². The van der Waals surface area contributed by atoms with Crippen molar-refractivity contribution in [3.63, 3.8) is 0 Å². The van der Waals surface area contributed by atoms with Crippen LogP contribution in [0.15, 0.2) is 42.5 Å². The summed E-state index contributed by atoms with van der Waals surface area (Å²) in [7, 11) is 0. The molecule has 4 fully saturated rings. The fourth-order valence-corrected chi connectivity index (χ4v) is 6.97. The molecule has 190 valence electrons. The fourth-order valence-electron chi connectivity index (χ4n) is 6.97. The van der Waals surface area contributed by atoms with E-state index >= 15 is 0 Å². The number of para-hydroxylation sites is 1. The van der Waals surface area contributed by atoms with Gasteiger partial charge in [0.15, 0.2) is 0 Å². The summed E-state index contributed by atoms with van der Waals surface area (Å²) >= 11 is 0. The molecule has 5 aliphatic rings. The van der Waals surface area contributed by atoms with Crippen LogP contribution in [0.2, 0.25) is 0 Å². The summed E-state index contributed by atoms with van der Waals surface area (Å²) in [5, 5.41) is 3.71. The van der Waals surface area contributed by atoms with Crippen LogP contribution < -0.4 is 27.2 Å². The zero-order valence-electron chi connectivity index (χ0n) is 20.7. The minimum absolute atomic E-state index is 0.0372. The Labute approximate surface area is 212 Å². The number of benzene rings is 2. The van der Waals surface area contributed by atoms with E-state index in [1.54, 1.807) is 0 Å². The fraction of sp³-hybridized carbons (Fsp3) is 0.536. The predicted octanol–water partition coefficient (Wildman–Crippen LogP) is 2.83. The average molecular weight is 489 g/mol. The Balaban J connectivity index is 0.981. The van der Waals surface area contributed by atoms with Gasteiger partial charge in [-0.05, 0) is 66.5 Å². The number of rotatable bonds is 4. The number of nitrogens with one attached hydrogen (secondary N) is 5. The molecule has 3 atom stereocenters. The Morgan fingerprint density at radius 2 is 1.78 bits per heavy atom. The summed E-state index contributed by atoms with van der Waals surface area (Å²) in [6, 6.07) is 16.0. The van der Waals surface area contributed by atoms with E-state index in [0.717, 1.165) is 58.3 Å². The van der Waals surface area contributed by atoms with Gasteiger partial charge in [-0.25, -0.2) is 10.9 Å². The molecule has 3 saturated heterocycles. The second-order valence-electron chi connectivity index (χ2n) is 11.2. The van der Waals surface area contributed by atoms with Crippen molar-refractivity contribution >= 4 is 11.6 Å². The lowest BCUT2D eigenvalue weighted by Gasteiger charge is -2.34. The normalized spacial score (nSPS) is 29.2. The first-order chi connectivity index (χ1) is 17.7. The van der Waals surface area contributed by atoms with Crippen molar-refractivity contribution in [3.05, 3.63) is 64.7 Å². The lowest BCUT2D eigenvalue weighted by atomic mass is 9.85. The maximum Gasteiger partial charge on any atom is 0.251 e. The van der Waals surface area contributed by atoms with Crippen molar-refractivity contribution in [2.45, 2.75) is 62.6 Å². The molecule has 1 saturated carbocycles. The Bertz CT molecular complexity index is 1120. The second-order valence-corrected chi connectivity index (χ2v) is 11.2. The van der Waals surface area contributed by atoms with Gasteiger partial charge in [0.25, 0.3) is 5.91 Å². The van der Waals surface area contributed by atoms with Gasteiger partial charge >= 0.3 is 0 Å². The SMILES string of the molecule is O=C([C@H]1CCCO1)N1CCC2(CC1)C[C@@H]2c1ccc(C2CNc3c(cccc3C3NNNN3)C2)cc1. The van der Waals surface area contributed by atoms with E-state index < -0.39 is 0 Å². The summed E-state index contributed by atoms with van der Waals surface area (Å²) in [6.07, 6.45) is 6.32. The van der Waals surface area contributed by atoms with E-state index in [1.807, 2.05) is 0 Å². The number of anilines is 1. The molecule has 4 heterocycles. The van der Waals surface area contributed by atoms with Crippen molar-refractivity contribution in [2.24, 2.45) is 5.41 Å². The van der Waals surface area contributed by atoms with Crippen molar-refractivity contribution < 1.29 is 9.53 Å². The van der Waals surface area contributed by atoms with Crippen LogP contribution in [-0.2, 0) is 16.0 Å². The van der Waals surface area contributed by atoms with Crippen molar-refractivity contribution in [1.29, 1.82) is 0 Å². The van der Waals surface area contributed by atoms with E-state index in [0.29, 0.717) is 17.3 Å². The number of ether oxygens (including phenoxy) is 1. The Hall–Kier alpha value is -2.49. The highest BCUT2D eigenvalue weighted by Crippen LogP contribution is 2.65. The lowest BCUT2D eigenvalue weighted by molar-refractivity contribution is -0.142. The van der Waals surface area contributed by atoms with E-state index in [2.05, 4.69) is 74.6 Å². The minimum atomic E-state index is -0.181. The summed E-state index contributed by atoms with van der Waals surface area (Å²) in [5.74, 6) is 1.35. The van der Waals surface area contributed by atoms with Gasteiger partial charge in [0.2, 0.25) is 0 Å². The van der Waals surface area contributed by atoms with Crippen LogP contribution in [0.3, 0.4) is 0 Å². The van der Waals surface area contributed by atoms with Crippen molar-refractivity contribution in [1.82, 2.24) is 26.8 Å². The Morgan fingerprint density at radius 1 is 1.00 bits per heavy atom. The number of hydrazine groups is 3. The number of carbonyl (C=O) groups excluding carboxylic acids is 1. The highest BCUT2D eigenvalue weighted by Gasteiger charge is 2.55. The first-order valence-corrected chi connectivity index (χ1v) is 13.6. The second kappa shape index (κ2) is 9.11. The Kier molecular flexibility index (Phi) is 5.74. The molecule has 4 aliphatic heterocycles. The topological polar surface area (TPSA) is 89.7 Å². The molecular weight excluding hydrogens is 452 g/mol. The van der Waals surface area contributed by atoms with E-state index in [-0.39, 0.29) is 18.2 Å². The quantitative estimate of drug-likeness (QED) is 0.452. The molecule has 2 aromatic rings. The third-order valence-electron chi connectivity index (χ3n) is 9.26. The average Bonchev–Trinajstić information content (AvgIpc) is 3.35. The number of hydrogen-bond donors (Lipinski definition) is 5. The number of fused-ring (bicyclic) bond motifs is 1. The maximum absolute atomic E-state index is 12.7. The highest BCUT2D eigenvalue weighted by atomic mass is 16.5. The highest BCUT2D eigenvalue weighted by molar-refractivity contribution is 5.81. The van der Waals surface area contributed by atoms with Gasteiger partial charge in [-0.1, -0.05) is 42.5 Å². The van der Waals surface area contributed by atoms with Crippen LogP contribution in [0.5, 0.6) is 0 Å². The molecule has 1 unspecified atom stereocenters. The third-order valence-corrected chi connectivity index (χ3v) is 9.26. The minimum Gasteiger partial charge on any atom is -0.384 e. The zero-order valence-corrected chi connectivity index (χ0v) is 20.7. The molecule has 8 heteroatoms. The molecule has 0 radical (unpaired) electrons. The number of piperidine rings is 1. The van der Waals surface area contributed by atoms with Gasteiger partial charge < -0.3 is 15.0 Å². The monoisotopic (exact) mass is 488 g/mol. The summed E-state index contributed by atoms with van der Waals surface area (Å²) in [4.78, 5) is 14.8. The van der Waals surface area contributed by atoms with Crippen LogP contribution >= 0.6 is 0 Å². The largest absolute Gasteiger partial charge is 0.384 e. The lowest BCUT2D eigenvalue weighted by Crippen LogP contribution is -2.44. The molecule has 5 N–H and O–H groups in total. The standard InChI is InChI=1S/C28H36N6O2/c35-27(24-5-2-14-36-24)34-12-10-28(11-13-34)16-23(28)19-8-6-18(7-9-19)21-15-20-3-1-4-22(25(20)29-17-21)26-30-32-33-31-26/h1,3-4,6-9,21,23-24,26,29-33H,2,5,10-17H2/t21?,23-,24-/m1/s1. The smallest absolute Gasteiger partial charge is 0.251 e. The molecule has 8 nitrogen and oxygen atoms in total. The summed E-state index contributed by atoms with van der Waals surface area (Å²) in [5.41, 5.74) is 19.3. The van der Waals surface area contributed by atoms with Crippen LogP contribution in [0.25, 0.3) is 0 Å². The Morgan fingerprint density at radius 3 is 2.53 bits per heavy atom. The van der Waals surface area contributed by atoms with Crippen molar-refractivity contribution in [2.75, 3.05) is 31.6 Å². The molecule has 0 bridgehead atoms. The van der Waals surface area contributed by atoms with Gasteiger partial charge in [0.1, 0.15) is 12.3 Å². The summed E-state index contributed by atoms with van der Waals surface area (Å²) in [6.45, 7) is 3.46. The van der Waals surface area contributed by atoms with Crippen LogP contribution in [0, 0.1) is 5.41 Å². The van der Waals surface area contributed by atoms with Gasteiger partial charge in [-0.2, -0.15) is 11.1 Å². The van der Waals surface area contributed by atoms with E-state index in [9.17, 15) is 4.79 Å². The van der Waals surface area contributed by atoms with Gasteiger partial charge in [-0.15, -0.1) is 0 Å². The molecule has 1 aliphatic carbocycles. The number of nitrogens with zero attached hydrogens (tertiary/aromatic N) is 1. The zero-order chi connectivity index (χ0) is 24.1. The molecule has 7 rings (SSSR count). The number of amides is 1. The molecule has 1 amide bonds. The number of carbonyl (C=O) groups is 1. The molecule has 2 aromatic carbocycles. The van der Waals surface area contributed by atoms with Crippen LogP contribution in [0.4, 0.5) is 5.69 Å². The summed E-state index contributed by atoms with van der Waals surface area (Å²) < 4.78 is 5.63. The van der Waals surface area contributed by atoms with Crippen LogP contribution in [0.1, 0.15) is 72.4 Å². The number of hydrogen-bond acceptors (Lipinski definition) is 7. The van der Waals surface area contributed by atoms with E-state index in [1.165, 1.54) is 34.4 Å². The van der Waals surface area contributed by atoms with Crippen molar-refractivity contribution in [3.8, 4) is 0 Å². The first-order valence-electron chi connectivity index (χ1n) is 13.6. The number of likely N-dealkylation sites (tertiary alicyclic amines) is 1. The third kappa shape index (κ3) is 4.01. The first kappa shape index (κ1) is 22.7. The molecule has 36 heavy (non-hydrogen) atoms. The van der Waals surface area contributed by atoms with Gasteiger partial charge in [0, 0.05) is 43.4 Å². The maximum atomic E-state index is 12.7. The predicted molar refractivity (Wildman–Crippen MR) is 138 cm³/mol. The molecule has 0 aromatic heterocycles. The van der Waals surface area contributed by atoms with Gasteiger partial charge in [0.05, 0.1) is 0 Å². The van der Waals surface area contributed by atoms with Crippen LogP contribution in [-0.4, -0.2) is 43.2 Å². The molecule has 1 spiro atoms. The molecular formula is C28H36N6O2.